The number of likely N-dealkylation sites (tertiary alicyclic amines) is 1. The van der Waals surface area contributed by atoms with Crippen LogP contribution < -0.4 is 10.1 Å². The second kappa shape index (κ2) is 7.11. The Kier molecular flexibility index (Phi) is 5.20. The monoisotopic (exact) mass is 290 g/mol. The maximum absolute atomic E-state index is 12.1. The van der Waals surface area contributed by atoms with E-state index in [9.17, 15) is 9.59 Å². The number of amides is 2. The number of nitrogens with one attached hydrogen (secondary N) is 1. The minimum absolute atomic E-state index is 0.0230. The largest absolute Gasteiger partial charge is 0.496 e. The number of methoxy groups -OCH3 is 1. The number of para-hydroxylation sites is 1. The summed E-state index contributed by atoms with van der Waals surface area (Å²) in [5.74, 6) is 0.878. The minimum Gasteiger partial charge on any atom is -0.496 e. The van der Waals surface area contributed by atoms with Gasteiger partial charge in [0.25, 0.3) is 5.91 Å². The standard InChI is InChI=1S/C16H22N2O3/c1-12-7-9-18(10-8-12)15(19)11-17-16(20)13-5-3-4-6-14(13)21-2/h3-6,12H,7-11H2,1-2H3,(H,17,20). The number of hydrogen-bond donors (Lipinski definition) is 1. The van der Waals surface area contributed by atoms with Gasteiger partial charge in [0.15, 0.2) is 0 Å². The smallest absolute Gasteiger partial charge is 0.255 e. The molecule has 1 aliphatic rings. The van der Waals surface area contributed by atoms with Crippen molar-refractivity contribution < 1.29 is 14.3 Å². The number of hydrogen-bond acceptors (Lipinski definition) is 3. The van der Waals surface area contributed by atoms with Gasteiger partial charge in [0.05, 0.1) is 19.2 Å². The average Bonchev–Trinajstić information content (AvgIpc) is 2.52. The van der Waals surface area contributed by atoms with Gasteiger partial charge in [-0.15, -0.1) is 0 Å². The fourth-order valence-electron chi connectivity index (χ4n) is 2.45. The first-order chi connectivity index (χ1) is 10.1. The molecule has 21 heavy (non-hydrogen) atoms. The molecule has 1 aromatic carbocycles. The van der Waals surface area contributed by atoms with E-state index in [1.165, 1.54) is 7.11 Å². The second-order valence-corrected chi connectivity index (χ2v) is 5.45. The van der Waals surface area contributed by atoms with Gasteiger partial charge in [0, 0.05) is 13.1 Å². The molecule has 1 N–H and O–H groups in total. The molecule has 1 saturated heterocycles. The van der Waals surface area contributed by atoms with Crippen LogP contribution in [0.2, 0.25) is 0 Å². The highest BCUT2D eigenvalue weighted by molar-refractivity contribution is 5.98. The topological polar surface area (TPSA) is 58.6 Å². The van der Waals surface area contributed by atoms with Gasteiger partial charge in [-0.2, -0.15) is 0 Å². The predicted octanol–water partition coefficient (Wildman–Crippen LogP) is 1.68. The molecule has 114 valence electrons. The van der Waals surface area contributed by atoms with Crippen LogP contribution in [0.1, 0.15) is 30.1 Å². The molecule has 2 rings (SSSR count). The molecule has 1 aliphatic heterocycles. The molecule has 1 heterocycles. The Morgan fingerprint density at radius 2 is 1.95 bits per heavy atom. The van der Waals surface area contributed by atoms with E-state index < -0.39 is 0 Å². The summed E-state index contributed by atoms with van der Waals surface area (Å²) < 4.78 is 5.15. The molecule has 0 saturated carbocycles. The first-order valence-corrected chi connectivity index (χ1v) is 7.30. The lowest BCUT2D eigenvalue weighted by Crippen LogP contribution is -2.43. The summed E-state index contributed by atoms with van der Waals surface area (Å²) in [5, 5.41) is 2.67. The van der Waals surface area contributed by atoms with Crippen LogP contribution >= 0.6 is 0 Å². The lowest BCUT2D eigenvalue weighted by molar-refractivity contribution is -0.131. The van der Waals surface area contributed by atoms with Gasteiger partial charge in [-0.25, -0.2) is 0 Å². The van der Waals surface area contributed by atoms with Crippen molar-refractivity contribution in [3.63, 3.8) is 0 Å². The van der Waals surface area contributed by atoms with E-state index in [1.54, 1.807) is 24.3 Å². The molecule has 0 atom stereocenters. The summed E-state index contributed by atoms with van der Waals surface area (Å²) in [6.45, 7) is 3.80. The molecule has 0 bridgehead atoms. The van der Waals surface area contributed by atoms with Crippen LogP contribution in [0.15, 0.2) is 24.3 Å². The summed E-state index contributed by atoms with van der Waals surface area (Å²) in [6, 6.07) is 6.98. The first kappa shape index (κ1) is 15.4. The molecule has 0 spiro atoms. The van der Waals surface area contributed by atoms with Gasteiger partial charge in [-0.1, -0.05) is 19.1 Å². The number of carbonyl (C=O) groups is 2. The SMILES string of the molecule is COc1ccccc1C(=O)NCC(=O)N1CCC(C)CC1. The molecule has 0 radical (unpaired) electrons. The Morgan fingerprint density at radius 1 is 1.29 bits per heavy atom. The molecule has 5 nitrogen and oxygen atoms in total. The number of ether oxygens (including phenoxy) is 1. The molecule has 2 amide bonds. The second-order valence-electron chi connectivity index (χ2n) is 5.45. The third kappa shape index (κ3) is 3.97. The van der Waals surface area contributed by atoms with Crippen LogP contribution in [0, 0.1) is 5.92 Å². The highest BCUT2D eigenvalue weighted by Gasteiger charge is 2.21. The zero-order valence-electron chi connectivity index (χ0n) is 12.6. The van der Waals surface area contributed by atoms with Gasteiger partial charge in [0.2, 0.25) is 5.91 Å². The van der Waals surface area contributed by atoms with E-state index in [2.05, 4.69) is 12.2 Å². The summed E-state index contributed by atoms with van der Waals surface area (Å²) in [5.41, 5.74) is 0.445. The van der Waals surface area contributed by atoms with Crippen LogP contribution in [0.5, 0.6) is 5.75 Å². The van der Waals surface area contributed by atoms with Crippen molar-refractivity contribution in [2.45, 2.75) is 19.8 Å². The zero-order valence-corrected chi connectivity index (χ0v) is 12.6. The van der Waals surface area contributed by atoms with E-state index >= 15 is 0 Å². The predicted molar refractivity (Wildman–Crippen MR) is 80.3 cm³/mol. The number of rotatable bonds is 4. The number of benzene rings is 1. The summed E-state index contributed by atoms with van der Waals surface area (Å²) >= 11 is 0. The molecule has 5 heteroatoms. The van der Waals surface area contributed by atoms with Crippen molar-refractivity contribution in [1.29, 1.82) is 0 Å². The van der Waals surface area contributed by atoms with Crippen LogP contribution in [0.3, 0.4) is 0 Å². The van der Waals surface area contributed by atoms with Gasteiger partial charge < -0.3 is 15.0 Å². The van der Waals surface area contributed by atoms with Gasteiger partial charge in [-0.3, -0.25) is 9.59 Å². The quantitative estimate of drug-likeness (QED) is 0.918. The fraction of sp³-hybridized carbons (Fsp3) is 0.500. The maximum atomic E-state index is 12.1. The Labute approximate surface area is 125 Å². The Balaban J connectivity index is 1.87. The number of carbonyl (C=O) groups excluding carboxylic acids is 2. The molecule has 1 fully saturated rings. The first-order valence-electron chi connectivity index (χ1n) is 7.30. The Bertz CT molecular complexity index is 508. The fourth-order valence-corrected chi connectivity index (χ4v) is 2.45. The van der Waals surface area contributed by atoms with E-state index in [0.29, 0.717) is 17.2 Å². The minimum atomic E-state index is -0.286. The molecule has 1 aromatic rings. The maximum Gasteiger partial charge on any atom is 0.255 e. The molecule has 0 aliphatic carbocycles. The van der Waals surface area contributed by atoms with E-state index in [0.717, 1.165) is 25.9 Å². The van der Waals surface area contributed by atoms with Crippen molar-refractivity contribution in [2.75, 3.05) is 26.7 Å². The van der Waals surface area contributed by atoms with Crippen LogP contribution in [-0.2, 0) is 4.79 Å². The summed E-state index contributed by atoms with van der Waals surface area (Å²) in [6.07, 6.45) is 2.07. The molecular formula is C16H22N2O3. The van der Waals surface area contributed by atoms with Crippen LogP contribution in [0.4, 0.5) is 0 Å². The third-order valence-corrected chi connectivity index (χ3v) is 3.89. The highest BCUT2D eigenvalue weighted by atomic mass is 16.5. The van der Waals surface area contributed by atoms with Crippen LogP contribution in [0.25, 0.3) is 0 Å². The Hall–Kier alpha value is -2.04. The number of piperidine rings is 1. The normalized spacial score (nSPS) is 15.6. The lowest BCUT2D eigenvalue weighted by atomic mass is 9.99. The molecular weight excluding hydrogens is 268 g/mol. The Morgan fingerprint density at radius 3 is 2.62 bits per heavy atom. The van der Waals surface area contributed by atoms with Gasteiger partial charge in [-0.05, 0) is 30.9 Å². The lowest BCUT2D eigenvalue weighted by Gasteiger charge is -2.30. The average molecular weight is 290 g/mol. The van der Waals surface area contributed by atoms with E-state index in [4.69, 9.17) is 4.74 Å². The third-order valence-electron chi connectivity index (χ3n) is 3.89. The van der Waals surface area contributed by atoms with Gasteiger partial charge >= 0.3 is 0 Å². The van der Waals surface area contributed by atoms with Crippen molar-refractivity contribution in [3.8, 4) is 5.75 Å². The van der Waals surface area contributed by atoms with Gasteiger partial charge in [0.1, 0.15) is 5.75 Å². The van der Waals surface area contributed by atoms with E-state index in [1.807, 2.05) is 4.90 Å². The molecule has 0 aromatic heterocycles. The van der Waals surface area contributed by atoms with Crippen molar-refractivity contribution in [3.05, 3.63) is 29.8 Å². The zero-order chi connectivity index (χ0) is 15.2. The summed E-state index contributed by atoms with van der Waals surface area (Å²) in [4.78, 5) is 26.0. The van der Waals surface area contributed by atoms with E-state index in [-0.39, 0.29) is 18.4 Å². The van der Waals surface area contributed by atoms with Crippen molar-refractivity contribution >= 4 is 11.8 Å². The number of nitrogens with zero attached hydrogens (tertiary/aromatic N) is 1. The van der Waals surface area contributed by atoms with Crippen LogP contribution in [-0.4, -0.2) is 43.5 Å². The van der Waals surface area contributed by atoms with Crippen molar-refractivity contribution in [2.24, 2.45) is 5.92 Å². The molecule has 0 unspecified atom stereocenters. The van der Waals surface area contributed by atoms with Crippen molar-refractivity contribution in [1.82, 2.24) is 10.2 Å². The highest BCUT2D eigenvalue weighted by Crippen LogP contribution is 2.17. The summed E-state index contributed by atoms with van der Waals surface area (Å²) in [7, 11) is 1.52.